The second-order valence-corrected chi connectivity index (χ2v) is 5.64. The summed E-state index contributed by atoms with van der Waals surface area (Å²) in [6, 6.07) is 0. The van der Waals surface area contributed by atoms with Crippen LogP contribution in [0.15, 0.2) is 6.20 Å². The Hall–Kier alpha value is -1.62. The van der Waals surface area contributed by atoms with E-state index in [2.05, 4.69) is 33.2 Å². The van der Waals surface area contributed by atoms with Gasteiger partial charge in [-0.05, 0) is 26.7 Å². The molecule has 0 bridgehead atoms. The molecule has 5 nitrogen and oxygen atoms in total. The first-order valence-corrected chi connectivity index (χ1v) is 7.50. The van der Waals surface area contributed by atoms with Crippen molar-refractivity contribution in [2.24, 2.45) is 0 Å². The molecule has 0 radical (unpaired) electrons. The van der Waals surface area contributed by atoms with E-state index in [0.717, 1.165) is 43.9 Å². The maximum absolute atomic E-state index is 4.72. The molecule has 2 aromatic heterocycles. The van der Waals surface area contributed by atoms with Gasteiger partial charge in [-0.15, -0.1) is 0 Å². The predicted molar refractivity (Wildman–Crippen MR) is 78.6 cm³/mol. The summed E-state index contributed by atoms with van der Waals surface area (Å²) in [6.45, 7) is 7.09. The Morgan fingerprint density at radius 1 is 1.35 bits per heavy atom. The number of nitrogens with zero attached hydrogens (tertiary/aromatic N) is 3. The maximum atomic E-state index is 4.72. The normalized spacial score (nSPS) is 14.5. The monoisotopic (exact) mass is 273 g/mol. The number of fused-ring (bicyclic) bond motifs is 1. The average Bonchev–Trinajstić information content (AvgIpc) is 2.99. The molecule has 108 valence electrons. The van der Waals surface area contributed by atoms with E-state index in [9.17, 15) is 0 Å². The van der Waals surface area contributed by atoms with E-state index in [4.69, 9.17) is 4.98 Å². The fourth-order valence-corrected chi connectivity index (χ4v) is 2.86. The number of hydrogen-bond acceptors (Lipinski definition) is 3. The molecule has 0 fully saturated rings. The number of aryl methyl sites for hydroxylation is 4. The van der Waals surface area contributed by atoms with Crippen LogP contribution >= 0.6 is 0 Å². The van der Waals surface area contributed by atoms with E-state index in [1.165, 1.54) is 29.9 Å². The standard InChI is InChI=1S/C15H23N5/c1-11-14(12(2)19-18-11)9-16-7-6-13-10-20-8-4-3-5-15(20)17-13/h10,16H,3-9H2,1-2H3,(H,18,19). The van der Waals surface area contributed by atoms with Crippen LogP contribution in [0.25, 0.3) is 0 Å². The molecular weight excluding hydrogens is 250 g/mol. The van der Waals surface area contributed by atoms with Gasteiger partial charge < -0.3 is 9.88 Å². The molecule has 3 heterocycles. The highest BCUT2D eigenvalue weighted by Gasteiger charge is 2.12. The third-order valence-corrected chi connectivity index (χ3v) is 4.10. The maximum Gasteiger partial charge on any atom is 0.108 e. The van der Waals surface area contributed by atoms with Crippen LogP contribution in [0, 0.1) is 13.8 Å². The van der Waals surface area contributed by atoms with Crippen molar-refractivity contribution in [1.29, 1.82) is 0 Å². The van der Waals surface area contributed by atoms with Crippen molar-refractivity contribution in [2.75, 3.05) is 6.54 Å². The molecule has 1 aliphatic rings. The number of aromatic nitrogens is 4. The number of aromatic amines is 1. The molecule has 0 saturated carbocycles. The summed E-state index contributed by atoms with van der Waals surface area (Å²) in [5.74, 6) is 1.27. The molecule has 0 atom stereocenters. The summed E-state index contributed by atoms with van der Waals surface area (Å²) in [7, 11) is 0. The fraction of sp³-hybridized carbons (Fsp3) is 0.600. The molecule has 0 spiro atoms. The van der Waals surface area contributed by atoms with Crippen molar-refractivity contribution in [3.63, 3.8) is 0 Å². The Bertz CT molecular complexity index is 538. The lowest BCUT2D eigenvalue weighted by atomic mass is 10.2. The summed E-state index contributed by atoms with van der Waals surface area (Å²) in [6.07, 6.45) is 6.94. The average molecular weight is 273 g/mol. The number of H-pyrrole nitrogens is 1. The zero-order valence-corrected chi connectivity index (χ0v) is 12.4. The van der Waals surface area contributed by atoms with Gasteiger partial charge >= 0.3 is 0 Å². The molecule has 1 aliphatic heterocycles. The summed E-state index contributed by atoms with van der Waals surface area (Å²) in [5, 5.41) is 10.7. The van der Waals surface area contributed by atoms with E-state index in [0.29, 0.717) is 0 Å². The number of rotatable bonds is 5. The first-order valence-electron chi connectivity index (χ1n) is 7.50. The molecule has 2 aromatic rings. The Morgan fingerprint density at radius 3 is 3.00 bits per heavy atom. The van der Waals surface area contributed by atoms with E-state index in [-0.39, 0.29) is 0 Å². The van der Waals surface area contributed by atoms with Crippen LogP contribution < -0.4 is 5.32 Å². The van der Waals surface area contributed by atoms with Crippen LogP contribution in [0.1, 0.15) is 41.3 Å². The molecule has 2 N–H and O–H groups in total. The molecule has 0 unspecified atom stereocenters. The number of nitrogens with one attached hydrogen (secondary N) is 2. The highest BCUT2D eigenvalue weighted by Crippen LogP contribution is 2.14. The lowest BCUT2D eigenvalue weighted by molar-refractivity contribution is 0.522. The van der Waals surface area contributed by atoms with Gasteiger partial charge in [-0.1, -0.05) is 0 Å². The molecule has 0 aliphatic carbocycles. The molecule has 5 heteroatoms. The Labute approximate surface area is 119 Å². The minimum atomic E-state index is 0.877. The number of hydrogen-bond donors (Lipinski definition) is 2. The predicted octanol–water partition coefficient (Wildman–Crippen LogP) is 1.89. The fourth-order valence-electron chi connectivity index (χ4n) is 2.86. The van der Waals surface area contributed by atoms with E-state index >= 15 is 0 Å². The lowest BCUT2D eigenvalue weighted by Gasteiger charge is -2.11. The summed E-state index contributed by atoms with van der Waals surface area (Å²) in [4.78, 5) is 4.72. The first-order chi connectivity index (χ1) is 9.74. The third-order valence-electron chi connectivity index (χ3n) is 4.10. The first kappa shape index (κ1) is 13.4. The zero-order chi connectivity index (χ0) is 13.9. The van der Waals surface area contributed by atoms with Crippen LogP contribution in [0.3, 0.4) is 0 Å². The molecular formula is C15H23N5. The van der Waals surface area contributed by atoms with Gasteiger partial charge in [0.05, 0.1) is 11.4 Å². The molecule has 20 heavy (non-hydrogen) atoms. The minimum Gasteiger partial charge on any atom is -0.335 e. The van der Waals surface area contributed by atoms with Crippen LogP contribution in [0.5, 0.6) is 0 Å². The van der Waals surface area contributed by atoms with Crippen LogP contribution in [-0.2, 0) is 25.9 Å². The quantitative estimate of drug-likeness (QED) is 0.818. The second-order valence-electron chi connectivity index (χ2n) is 5.64. The van der Waals surface area contributed by atoms with Crippen molar-refractivity contribution in [1.82, 2.24) is 25.1 Å². The summed E-state index contributed by atoms with van der Waals surface area (Å²) in [5.41, 5.74) is 4.75. The van der Waals surface area contributed by atoms with Gasteiger partial charge in [0.1, 0.15) is 5.82 Å². The van der Waals surface area contributed by atoms with Crippen LogP contribution in [0.4, 0.5) is 0 Å². The van der Waals surface area contributed by atoms with E-state index in [1.807, 2.05) is 6.92 Å². The van der Waals surface area contributed by atoms with Crippen molar-refractivity contribution >= 4 is 0 Å². The largest absolute Gasteiger partial charge is 0.335 e. The lowest BCUT2D eigenvalue weighted by Crippen LogP contribution is -2.17. The van der Waals surface area contributed by atoms with E-state index in [1.54, 1.807) is 0 Å². The number of imidazole rings is 1. The van der Waals surface area contributed by atoms with Gasteiger partial charge in [-0.25, -0.2) is 4.98 Å². The van der Waals surface area contributed by atoms with Gasteiger partial charge in [-0.2, -0.15) is 5.10 Å². The summed E-state index contributed by atoms with van der Waals surface area (Å²) < 4.78 is 2.32. The third kappa shape index (κ3) is 2.77. The van der Waals surface area contributed by atoms with Gasteiger partial charge in [0.25, 0.3) is 0 Å². The molecule has 0 aromatic carbocycles. The smallest absolute Gasteiger partial charge is 0.108 e. The van der Waals surface area contributed by atoms with Crippen molar-refractivity contribution in [2.45, 2.75) is 52.6 Å². The second kappa shape index (κ2) is 5.79. The highest BCUT2D eigenvalue weighted by atomic mass is 15.1. The molecule has 0 saturated heterocycles. The highest BCUT2D eigenvalue weighted by molar-refractivity contribution is 5.22. The zero-order valence-electron chi connectivity index (χ0n) is 12.4. The molecule has 0 amide bonds. The van der Waals surface area contributed by atoms with Gasteiger partial charge in [-0.3, -0.25) is 5.10 Å². The minimum absolute atomic E-state index is 0.877. The SMILES string of the molecule is Cc1n[nH]c(C)c1CNCCc1cn2c(n1)CCCC2. The van der Waals surface area contributed by atoms with Gasteiger partial charge in [0, 0.05) is 49.9 Å². The topological polar surface area (TPSA) is 58.5 Å². The van der Waals surface area contributed by atoms with Crippen LogP contribution in [-0.4, -0.2) is 26.3 Å². The van der Waals surface area contributed by atoms with Gasteiger partial charge in [0.15, 0.2) is 0 Å². The van der Waals surface area contributed by atoms with Crippen molar-refractivity contribution < 1.29 is 0 Å². The van der Waals surface area contributed by atoms with Crippen LogP contribution in [0.2, 0.25) is 0 Å². The molecule has 3 rings (SSSR count). The van der Waals surface area contributed by atoms with Crippen molar-refractivity contribution in [3.05, 3.63) is 34.7 Å². The van der Waals surface area contributed by atoms with Crippen molar-refractivity contribution in [3.8, 4) is 0 Å². The Morgan fingerprint density at radius 2 is 2.25 bits per heavy atom. The van der Waals surface area contributed by atoms with E-state index < -0.39 is 0 Å². The Balaban J connectivity index is 1.49. The summed E-state index contributed by atoms with van der Waals surface area (Å²) >= 11 is 0. The van der Waals surface area contributed by atoms with Gasteiger partial charge in [0.2, 0.25) is 0 Å². The Kier molecular flexibility index (Phi) is 3.87.